The first-order valence-corrected chi connectivity index (χ1v) is 7.83. The number of ether oxygens (including phenoxy) is 1. The lowest BCUT2D eigenvalue weighted by atomic mass is 10.1. The number of pyridine rings is 1. The maximum absolute atomic E-state index is 12.8. The van der Waals surface area contributed by atoms with Gasteiger partial charge in [0.05, 0.1) is 12.2 Å². The van der Waals surface area contributed by atoms with Gasteiger partial charge in [-0.2, -0.15) is 0 Å². The van der Waals surface area contributed by atoms with Crippen molar-refractivity contribution >= 4 is 11.6 Å². The first kappa shape index (κ1) is 16.1. The van der Waals surface area contributed by atoms with E-state index in [0.717, 1.165) is 11.6 Å². The number of aromatic nitrogens is 1. The van der Waals surface area contributed by atoms with E-state index in [-0.39, 0.29) is 24.3 Å². The molecule has 1 aliphatic heterocycles. The average Bonchev–Trinajstić information content (AvgIpc) is 2.49. The summed E-state index contributed by atoms with van der Waals surface area (Å²) in [7, 11) is 0. The molecule has 0 fully saturated rings. The lowest BCUT2D eigenvalue weighted by Gasteiger charge is -2.34. The largest absolute Gasteiger partial charge is 0.508 e. The molecule has 0 radical (unpaired) electrons. The summed E-state index contributed by atoms with van der Waals surface area (Å²) in [5.74, 6) is 0.394. The summed E-state index contributed by atoms with van der Waals surface area (Å²) in [6, 6.07) is 8.27. The Bertz CT molecular complexity index is 857. The minimum Gasteiger partial charge on any atom is -0.508 e. The molecule has 1 N–H and O–H groups in total. The average molecular weight is 328 g/mol. The maximum Gasteiger partial charge on any atom is 0.254 e. The minimum atomic E-state index is -0.397. The third-order valence-electron chi connectivity index (χ3n) is 4.09. The molecule has 0 saturated carbocycles. The zero-order chi connectivity index (χ0) is 17.4. The molecule has 1 amide bonds. The Hall–Kier alpha value is -2.76. The predicted molar refractivity (Wildman–Crippen MR) is 90.7 cm³/mol. The number of hydrogen-bond donors (Lipinski definition) is 1. The second-order valence-corrected chi connectivity index (χ2v) is 6.18. The van der Waals surface area contributed by atoms with E-state index in [1.165, 1.54) is 10.6 Å². The molecule has 2 heterocycles. The number of aryl methyl sites for hydroxylation is 2. The van der Waals surface area contributed by atoms with E-state index in [1.807, 2.05) is 32.0 Å². The van der Waals surface area contributed by atoms with Gasteiger partial charge in [-0.3, -0.25) is 9.59 Å². The van der Waals surface area contributed by atoms with Crippen LogP contribution in [0.5, 0.6) is 11.5 Å². The number of nitrogens with zero attached hydrogens (tertiary/aromatic N) is 2. The second kappa shape index (κ2) is 6.03. The van der Waals surface area contributed by atoms with Gasteiger partial charge >= 0.3 is 0 Å². The molecule has 0 bridgehead atoms. The molecule has 0 spiro atoms. The van der Waals surface area contributed by atoms with Gasteiger partial charge < -0.3 is 19.3 Å². The molecule has 24 heavy (non-hydrogen) atoms. The van der Waals surface area contributed by atoms with Crippen molar-refractivity contribution in [3.05, 3.63) is 51.9 Å². The molecule has 1 atom stereocenters. The number of rotatable bonds is 2. The number of carbonyl (C=O) groups excluding carboxylic acids is 1. The molecule has 6 nitrogen and oxygen atoms in total. The van der Waals surface area contributed by atoms with Crippen LogP contribution in [0.3, 0.4) is 0 Å². The third kappa shape index (κ3) is 2.99. The van der Waals surface area contributed by atoms with E-state index >= 15 is 0 Å². The molecular formula is C18H20N2O4. The summed E-state index contributed by atoms with van der Waals surface area (Å²) in [4.78, 5) is 26.5. The quantitative estimate of drug-likeness (QED) is 0.915. The van der Waals surface area contributed by atoms with Crippen LogP contribution in [0.25, 0.3) is 0 Å². The van der Waals surface area contributed by atoms with Gasteiger partial charge in [-0.05, 0) is 44.5 Å². The topological polar surface area (TPSA) is 71.8 Å². The van der Waals surface area contributed by atoms with Crippen molar-refractivity contribution in [1.29, 1.82) is 0 Å². The van der Waals surface area contributed by atoms with Crippen LogP contribution in [0.1, 0.15) is 18.2 Å². The van der Waals surface area contributed by atoms with Crippen LogP contribution in [0.15, 0.2) is 35.1 Å². The van der Waals surface area contributed by atoms with Crippen LogP contribution in [0.4, 0.5) is 5.69 Å². The normalized spacial score (nSPS) is 16.5. The second-order valence-electron chi connectivity index (χ2n) is 6.18. The van der Waals surface area contributed by atoms with Crippen molar-refractivity contribution in [3.8, 4) is 11.5 Å². The Labute approximate surface area is 139 Å². The fourth-order valence-corrected chi connectivity index (χ4v) is 2.92. The third-order valence-corrected chi connectivity index (χ3v) is 4.09. The Morgan fingerprint density at radius 1 is 1.29 bits per heavy atom. The van der Waals surface area contributed by atoms with E-state index in [2.05, 4.69) is 0 Å². The van der Waals surface area contributed by atoms with Crippen molar-refractivity contribution in [2.24, 2.45) is 0 Å². The van der Waals surface area contributed by atoms with Crippen LogP contribution < -0.4 is 15.2 Å². The Morgan fingerprint density at radius 3 is 2.75 bits per heavy atom. The molecule has 1 aliphatic rings. The number of fused-ring (bicyclic) bond motifs is 1. The summed E-state index contributed by atoms with van der Waals surface area (Å²) in [6.45, 7) is 5.91. The molecule has 0 unspecified atom stereocenters. The van der Waals surface area contributed by atoms with Crippen LogP contribution in [-0.4, -0.2) is 28.2 Å². The Balaban J connectivity index is 1.93. The number of aromatic hydroxyl groups is 1. The van der Waals surface area contributed by atoms with E-state index < -0.39 is 5.56 Å². The molecule has 1 aromatic heterocycles. The number of hydrogen-bond acceptors (Lipinski definition) is 4. The zero-order valence-corrected chi connectivity index (χ0v) is 13.9. The number of benzene rings is 1. The van der Waals surface area contributed by atoms with Gasteiger partial charge in [0.2, 0.25) is 5.91 Å². The maximum atomic E-state index is 12.8. The molecule has 126 valence electrons. The fraction of sp³-hybridized carbons (Fsp3) is 0.333. The van der Waals surface area contributed by atoms with Gasteiger partial charge in [0, 0.05) is 11.8 Å². The highest BCUT2D eigenvalue weighted by Gasteiger charge is 2.28. The molecule has 0 saturated heterocycles. The molecule has 0 aliphatic carbocycles. The van der Waals surface area contributed by atoms with Crippen LogP contribution in [0.2, 0.25) is 0 Å². The van der Waals surface area contributed by atoms with Crippen molar-refractivity contribution < 1.29 is 14.6 Å². The highest BCUT2D eigenvalue weighted by atomic mass is 16.5. The summed E-state index contributed by atoms with van der Waals surface area (Å²) in [5.41, 5.74) is 1.92. The van der Waals surface area contributed by atoms with Gasteiger partial charge in [0.25, 0.3) is 5.56 Å². The Kier molecular flexibility index (Phi) is 4.05. The zero-order valence-electron chi connectivity index (χ0n) is 13.9. The number of carbonyl (C=O) groups is 1. The highest BCUT2D eigenvalue weighted by Crippen LogP contribution is 2.34. The van der Waals surface area contributed by atoms with Gasteiger partial charge in [-0.1, -0.05) is 6.07 Å². The molecule has 6 heteroatoms. The fourth-order valence-electron chi connectivity index (χ4n) is 2.92. The van der Waals surface area contributed by atoms with E-state index in [0.29, 0.717) is 23.7 Å². The standard InChI is InChI=1S/C18H20N2O4/c1-11-4-5-15-16(6-11)24-13(3)9-20(15)18(23)10-19-12(2)7-14(21)8-17(19)22/h4-8,13,21H,9-10H2,1-3H3/t13-/m1/s1. The first-order valence-electron chi connectivity index (χ1n) is 7.83. The highest BCUT2D eigenvalue weighted by molar-refractivity contribution is 5.95. The first-order chi connectivity index (χ1) is 11.3. The van der Waals surface area contributed by atoms with Gasteiger partial charge in [-0.25, -0.2) is 0 Å². The lowest BCUT2D eigenvalue weighted by molar-refractivity contribution is -0.119. The van der Waals surface area contributed by atoms with E-state index in [1.54, 1.807) is 11.8 Å². The molecule has 1 aromatic carbocycles. The van der Waals surface area contributed by atoms with Gasteiger partial charge in [-0.15, -0.1) is 0 Å². The molecule has 3 rings (SSSR count). The predicted octanol–water partition coefficient (Wildman–Crippen LogP) is 1.98. The van der Waals surface area contributed by atoms with E-state index in [9.17, 15) is 14.7 Å². The Morgan fingerprint density at radius 2 is 2.04 bits per heavy atom. The van der Waals surface area contributed by atoms with Crippen LogP contribution in [0, 0.1) is 13.8 Å². The SMILES string of the molecule is Cc1ccc2c(c1)O[C@H](C)CN2C(=O)Cn1c(C)cc(O)cc1=O. The summed E-state index contributed by atoms with van der Waals surface area (Å²) in [6.07, 6.45) is -0.124. The summed E-state index contributed by atoms with van der Waals surface area (Å²) < 4.78 is 7.17. The van der Waals surface area contributed by atoms with E-state index in [4.69, 9.17) is 4.74 Å². The monoisotopic (exact) mass is 328 g/mol. The molecular weight excluding hydrogens is 308 g/mol. The van der Waals surface area contributed by atoms with Crippen molar-refractivity contribution in [2.75, 3.05) is 11.4 Å². The minimum absolute atomic E-state index is 0.0784. The van der Waals surface area contributed by atoms with Gasteiger partial charge in [0.15, 0.2) is 0 Å². The van der Waals surface area contributed by atoms with Crippen molar-refractivity contribution in [3.63, 3.8) is 0 Å². The number of anilines is 1. The lowest BCUT2D eigenvalue weighted by Crippen LogP contribution is -2.44. The van der Waals surface area contributed by atoms with Gasteiger partial charge in [0.1, 0.15) is 24.1 Å². The van der Waals surface area contributed by atoms with Crippen LogP contribution >= 0.6 is 0 Å². The summed E-state index contributed by atoms with van der Waals surface area (Å²) >= 11 is 0. The summed E-state index contributed by atoms with van der Waals surface area (Å²) in [5, 5.41) is 9.47. The van der Waals surface area contributed by atoms with Crippen molar-refractivity contribution in [2.45, 2.75) is 33.4 Å². The number of amides is 1. The van der Waals surface area contributed by atoms with Crippen LogP contribution in [-0.2, 0) is 11.3 Å². The smallest absolute Gasteiger partial charge is 0.254 e. The molecule has 2 aromatic rings. The van der Waals surface area contributed by atoms with Crippen molar-refractivity contribution in [1.82, 2.24) is 4.57 Å².